The van der Waals surface area contributed by atoms with E-state index >= 15 is 0 Å². The SMILES string of the molecule is Cc1cc(CN(C)C(=O)NC(C)Cn2cccn2)no1. The number of rotatable bonds is 5. The van der Waals surface area contributed by atoms with Crippen molar-refractivity contribution in [1.29, 1.82) is 0 Å². The highest BCUT2D eigenvalue weighted by molar-refractivity contribution is 5.74. The van der Waals surface area contributed by atoms with E-state index in [0.29, 0.717) is 13.1 Å². The second-order valence-corrected chi connectivity index (χ2v) is 4.86. The maximum atomic E-state index is 12.0. The molecular weight excluding hydrogens is 258 g/mol. The van der Waals surface area contributed by atoms with Crippen LogP contribution in [-0.2, 0) is 13.1 Å². The third kappa shape index (κ3) is 3.84. The summed E-state index contributed by atoms with van der Waals surface area (Å²) in [6.07, 6.45) is 3.58. The highest BCUT2D eigenvalue weighted by atomic mass is 16.5. The monoisotopic (exact) mass is 277 g/mol. The van der Waals surface area contributed by atoms with Gasteiger partial charge in [0.05, 0.1) is 13.1 Å². The molecule has 0 saturated carbocycles. The zero-order chi connectivity index (χ0) is 14.5. The third-order valence-corrected chi connectivity index (χ3v) is 2.81. The van der Waals surface area contributed by atoms with Gasteiger partial charge in [-0.3, -0.25) is 4.68 Å². The minimum atomic E-state index is -0.148. The van der Waals surface area contributed by atoms with Gasteiger partial charge in [0.2, 0.25) is 0 Å². The molecule has 2 heterocycles. The molecule has 0 radical (unpaired) electrons. The van der Waals surface area contributed by atoms with Crippen molar-refractivity contribution in [1.82, 2.24) is 25.2 Å². The molecule has 0 saturated heterocycles. The number of carbonyl (C=O) groups is 1. The van der Waals surface area contributed by atoms with Crippen LogP contribution in [-0.4, -0.2) is 39.0 Å². The Kier molecular flexibility index (Phi) is 4.39. The van der Waals surface area contributed by atoms with Gasteiger partial charge in [0, 0.05) is 31.5 Å². The number of amides is 2. The van der Waals surface area contributed by atoms with Crippen LogP contribution in [0.3, 0.4) is 0 Å². The Morgan fingerprint density at radius 1 is 1.60 bits per heavy atom. The van der Waals surface area contributed by atoms with Gasteiger partial charge < -0.3 is 14.7 Å². The van der Waals surface area contributed by atoms with Crippen molar-refractivity contribution in [3.05, 3.63) is 36.0 Å². The smallest absolute Gasteiger partial charge is 0.317 e. The summed E-state index contributed by atoms with van der Waals surface area (Å²) >= 11 is 0. The highest BCUT2D eigenvalue weighted by Gasteiger charge is 2.14. The summed E-state index contributed by atoms with van der Waals surface area (Å²) in [6.45, 7) is 4.81. The molecule has 0 aliphatic carbocycles. The predicted octanol–water partition coefficient (Wildman–Crippen LogP) is 1.41. The molecule has 0 spiro atoms. The van der Waals surface area contributed by atoms with E-state index in [1.54, 1.807) is 22.8 Å². The molecule has 1 atom stereocenters. The Balaban J connectivity index is 1.81. The number of nitrogens with zero attached hydrogens (tertiary/aromatic N) is 4. The highest BCUT2D eigenvalue weighted by Crippen LogP contribution is 2.04. The molecule has 1 unspecified atom stereocenters. The van der Waals surface area contributed by atoms with E-state index in [9.17, 15) is 4.79 Å². The first-order valence-electron chi connectivity index (χ1n) is 6.46. The lowest BCUT2D eigenvalue weighted by molar-refractivity contribution is 0.200. The number of hydrogen-bond donors (Lipinski definition) is 1. The number of nitrogens with one attached hydrogen (secondary N) is 1. The molecule has 7 heteroatoms. The van der Waals surface area contributed by atoms with Crippen molar-refractivity contribution in [2.75, 3.05) is 7.05 Å². The van der Waals surface area contributed by atoms with Gasteiger partial charge in [-0.15, -0.1) is 0 Å². The van der Waals surface area contributed by atoms with E-state index in [1.165, 1.54) is 0 Å². The molecule has 20 heavy (non-hydrogen) atoms. The van der Waals surface area contributed by atoms with Crippen molar-refractivity contribution in [3.63, 3.8) is 0 Å². The molecule has 0 fully saturated rings. The van der Waals surface area contributed by atoms with Crippen LogP contribution < -0.4 is 5.32 Å². The van der Waals surface area contributed by atoms with E-state index in [0.717, 1.165) is 11.5 Å². The fourth-order valence-electron chi connectivity index (χ4n) is 1.86. The van der Waals surface area contributed by atoms with Crippen molar-refractivity contribution in [2.45, 2.75) is 33.0 Å². The maximum absolute atomic E-state index is 12.0. The molecule has 0 aromatic carbocycles. The number of urea groups is 1. The van der Waals surface area contributed by atoms with Gasteiger partial charge in [0.25, 0.3) is 0 Å². The van der Waals surface area contributed by atoms with Crippen LogP contribution in [0.4, 0.5) is 4.79 Å². The van der Waals surface area contributed by atoms with Crippen LogP contribution in [0.1, 0.15) is 18.4 Å². The molecule has 2 amide bonds. The summed E-state index contributed by atoms with van der Waals surface area (Å²) < 4.78 is 6.76. The molecule has 0 aliphatic rings. The average molecular weight is 277 g/mol. The first-order chi connectivity index (χ1) is 9.54. The maximum Gasteiger partial charge on any atom is 0.317 e. The lowest BCUT2D eigenvalue weighted by atomic mass is 10.3. The molecule has 2 aromatic rings. The van der Waals surface area contributed by atoms with Gasteiger partial charge >= 0.3 is 6.03 Å². The van der Waals surface area contributed by atoms with Gasteiger partial charge in [0.15, 0.2) is 0 Å². The van der Waals surface area contributed by atoms with Gasteiger partial charge in [-0.05, 0) is 19.9 Å². The van der Waals surface area contributed by atoms with Crippen LogP contribution >= 0.6 is 0 Å². The first kappa shape index (κ1) is 14.1. The summed E-state index contributed by atoms with van der Waals surface area (Å²) in [5.41, 5.74) is 0.736. The normalized spacial score (nSPS) is 12.2. The summed E-state index contributed by atoms with van der Waals surface area (Å²) in [5.74, 6) is 0.737. The van der Waals surface area contributed by atoms with Crippen LogP contribution in [0.25, 0.3) is 0 Å². The first-order valence-corrected chi connectivity index (χ1v) is 6.46. The zero-order valence-electron chi connectivity index (χ0n) is 11.9. The molecule has 108 valence electrons. The standard InChI is InChI=1S/C13H19N5O2/c1-10(8-18-6-4-5-14-18)15-13(19)17(3)9-12-7-11(2)20-16-12/h4-7,10H,8-9H2,1-3H3,(H,15,19). The molecule has 2 rings (SSSR count). The van der Waals surface area contributed by atoms with Gasteiger partial charge in [0.1, 0.15) is 11.5 Å². The van der Waals surface area contributed by atoms with Crippen molar-refractivity contribution < 1.29 is 9.32 Å². The minimum Gasteiger partial charge on any atom is -0.361 e. The van der Waals surface area contributed by atoms with E-state index in [1.807, 2.05) is 32.2 Å². The number of aromatic nitrogens is 3. The van der Waals surface area contributed by atoms with Gasteiger partial charge in [-0.25, -0.2) is 4.79 Å². The van der Waals surface area contributed by atoms with E-state index in [4.69, 9.17) is 4.52 Å². The summed E-state index contributed by atoms with van der Waals surface area (Å²) in [6, 6.07) is 3.51. The Hall–Kier alpha value is -2.31. The number of carbonyl (C=O) groups excluding carboxylic acids is 1. The third-order valence-electron chi connectivity index (χ3n) is 2.81. The Labute approximate surface area is 117 Å². The van der Waals surface area contributed by atoms with Crippen molar-refractivity contribution in [2.24, 2.45) is 0 Å². The molecular formula is C13H19N5O2. The van der Waals surface area contributed by atoms with Gasteiger partial charge in [-0.2, -0.15) is 5.10 Å². The zero-order valence-corrected chi connectivity index (χ0v) is 11.9. The Morgan fingerprint density at radius 3 is 3.00 bits per heavy atom. The summed E-state index contributed by atoms with van der Waals surface area (Å²) in [7, 11) is 1.72. The summed E-state index contributed by atoms with van der Waals surface area (Å²) in [5, 5.41) is 10.9. The van der Waals surface area contributed by atoms with E-state index < -0.39 is 0 Å². The fourth-order valence-corrected chi connectivity index (χ4v) is 1.86. The van der Waals surface area contributed by atoms with E-state index in [-0.39, 0.29) is 12.1 Å². The van der Waals surface area contributed by atoms with Crippen LogP contribution in [0, 0.1) is 6.92 Å². The lowest BCUT2D eigenvalue weighted by Crippen LogP contribution is -2.43. The average Bonchev–Trinajstić information content (AvgIpc) is 3.01. The van der Waals surface area contributed by atoms with Crippen LogP contribution in [0.5, 0.6) is 0 Å². The predicted molar refractivity (Wildman–Crippen MR) is 72.9 cm³/mol. The minimum absolute atomic E-state index is 0.0103. The topological polar surface area (TPSA) is 76.2 Å². The Bertz CT molecular complexity index is 549. The second kappa shape index (κ2) is 6.23. The fraction of sp³-hybridized carbons (Fsp3) is 0.462. The largest absolute Gasteiger partial charge is 0.361 e. The number of hydrogen-bond acceptors (Lipinski definition) is 4. The Morgan fingerprint density at radius 2 is 2.40 bits per heavy atom. The molecule has 2 aromatic heterocycles. The lowest BCUT2D eigenvalue weighted by Gasteiger charge is -2.20. The number of aryl methyl sites for hydroxylation is 1. The molecule has 0 bridgehead atoms. The van der Waals surface area contributed by atoms with Crippen molar-refractivity contribution >= 4 is 6.03 Å². The quantitative estimate of drug-likeness (QED) is 0.896. The van der Waals surface area contributed by atoms with Crippen LogP contribution in [0.2, 0.25) is 0 Å². The van der Waals surface area contributed by atoms with Crippen molar-refractivity contribution in [3.8, 4) is 0 Å². The molecule has 7 nitrogen and oxygen atoms in total. The molecule has 1 N–H and O–H groups in total. The summed E-state index contributed by atoms with van der Waals surface area (Å²) in [4.78, 5) is 13.6. The second-order valence-electron chi connectivity index (χ2n) is 4.86. The van der Waals surface area contributed by atoms with Crippen LogP contribution in [0.15, 0.2) is 29.0 Å². The molecule has 0 aliphatic heterocycles. The van der Waals surface area contributed by atoms with E-state index in [2.05, 4.69) is 15.6 Å². The van der Waals surface area contributed by atoms with Gasteiger partial charge in [-0.1, -0.05) is 5.16 Å².